The van der Waals surface area contributed by atoms with Crippen LogP contribution in [0.4, 0.5) is 5.69 Å². The molecule has 4 aromatic rings. The van der Waals surface area contributed by atoms with Gasteiger partial charge in [0.25, 0.3) is 5.91 Å². The lowest BCUT2D eigenvalue weighted by Gasteiger charge is -2.08. The van der Waals surface area contributed by atoms with E-state index in [1.807, 2.05) is 55.7 Å². The van der Waals surface area contributed by atoms with Crippen molar-refractivity contribution >= 4 is 34.3 Å². The molecule has 1 amide bonds. The van der Waals surface area contributed by atoms with Crippen molar-refractivity contribution < 1.29 is 19.5 Å². The molecule has 36 heavy (non-hydrogen) atoms. The van der Waals surface area contributed by atoms with E-state index in [4.69, 9.17) is 5.11 Å². The number of aryl methyl sites for hydroxylation is 2. The van der Waals surface area contributed by atoms with Crippen LogP contribution in [0.15, 0.2) is 54.9 Å². The van der Waals surface area contributed by atoms with E-state index in [2.05, 4.69) is 10.4 Å². The SMILES string of the molecule is CCCC(=O)c1cnn(-c2ccc(NC(=O)c3cn(CCCC(=O)O)c4ccc(C)cc34)cc2)c1C. The Morgan fingerprint density at radius 1 is 1.00 bits per heavy atom. The highest BCUT2D eigenvalue weighted by Gasteiger charge is 2.17. The topological polar surface area (TPSA) is 106 Å². The second-order valence-electron chi connectivity index (χ2n) is 8.98. The average Bonchev–Trinajstić information content (AvgIpc) is 3.40. The molecule has 0 atom stereocenters. The first-order valence-electron chi connectivity index (χ1n) is 12.1. The van der Waals surface area contributed by atoms with Crippen LogP contribution < -0.4 is 5.32 Å². The number of rotatable bonds is 10. The van der Waals surface area contributed by atoms with Crippen molar-refractivity contribution in [2.24, 2.45) is 0 Å². The summed E-state index contributed by atoms with van der Waals surface area (Å²) in [4.78, 5) is 36.4. The predicted octanol–water partition coefficient (Wildman–Crippen LogP) is 5.54. The predicted molar refractivity (Wildman–Crippen MR) is 139 cm³/mol. The summed E-state index contributed by atoms with van der Waals surface area (Å²) in [6.07, 6.45) is 5.23. The summed E-state index contributed by atoms with van der Waals surface area (Å²) in [6, 6.07) is 13.2. The van der Waals surface area contributed by atoms with Gasteiger partial charge in [-0.25, -0.2) is 4.68 Å². The zero-order chi connectivity index (χ0) is 25.8. The van der Waals surface area contributed by atoms with Crippen molar-refractivity contribution in [2.45, 2.75) is 53.0 Å². The maximum Gasteiger partial charge on any atom is 0.303 e. The van der Waals surface area contributed by atoms with Crippen molar-refractivity contribution in [1.29, 1.82) is 0 Å². The lowest BCUT2D eigenvalue weighted by Crippen LogP contribution is -2.12. The van der Waals surface area contributed by atoms with Gasteiger partial charge in [-0.2, -0.15) is 5.10 Å². The Kier molecular flexibility index (Phi) is 7.33. The summed E-state index contributed by atoms with van der Waals surface area (Å²) in [5.74, 6) is -0.988. The zero-order valence-electron chi connectivity index (χ0n) is 20.7. The molecule has 0 aliphatic heterocycles. The molecule has 4 rings (SSSR count). The van der Waals surface area contributed by atoms with Crippen molar-refractivity contribution in [3.05, 3.63) is 77.2 Å². The van der Waals surface area contributed by atoms with Crippen LogP contribution in [0, 0.1) is 13.8 Å². The number of anilines is 1. The highest BCUT2D eigenvalue weighted by atomic mass is 16.4. The van der Waals surface area contributed by atoms with Crippen LogP contribution in [0.25, 0.3) is 16.6 Å². The molecular formula is C28H30N4O4. The summed E-state index contributed by atoms with van der Waals surface area (Å²) in [5.41, 5.74) is 5.32. The van der Waals surface area contributed by atoms with E-state index in [9.17, 15) is 14.4 Å². The molecule has 8 nitrogen and oxygen atoms in total. The third-order valence-corrected chi connectivity index (χ3v) is 6.23. The minimum absolute atomic E-state index is 0.0728. The molecule has 0 aliphatic carbocycles. The van der Waals surface area contributed by atoms with Gasteiger partial charge < -0.3 is 15.0 Å². The number of carboxylic acid groups (broad SMARTS) is 1. The van der Waals surface area contributed by atoms with Gasteiger partial charge >= 0.3 is 5.97 Å². The number of amides is 1. The van der Waals surface area contributed by atoms with Gasteiger partial charge in [-0.05, 0) is 63.1 Å². The van der Waals surface area contributed by atoms with Crippen LogP contribution in [0.3, 0.4) is 0 Å². The Bertz CT molecular complexity index is 1430. The number of nitrogens with zero attached hydrogens (tertiary/aromatic N) is 3. The number of fused-ring (bicyclic) bond motifs is 1. The first-order chi connectivity index (χ1) is 17.3. The van der Waals surface area contributed by atoms with E-state index in [1.54, 1.807) is 29.2 Å². The number of carbonyl (C=O) groups is 3. The van der Waals surface area contributed by atoms with E-state index >= 15 is 0 Å². The Hall–Kier alpha value is -4.20. The normalized spacial score (nSPS) is 11.1. The summed E-state index contributed by atoms with van der Waals surface area (Å²) in [7, 11) is 0. The number of benzene rings is 2. The summed E-state index contributed by atoms with van der Waals surface area (Å²) in [6.45, 7) is 6.34. The fourth-order valence-corrected chi connectivity index (χ4v) is 4.37. The molecular weight excluding hydrogens is 456 g/mol. The molecule has 8 heteroatoms. The molecule has 0 bridgehead atoms. The van der Waals surface area contributed by atoms with Gasteiger partial charge in [0.15, 0.2) is 5.78 Å². The van der Waals surface area contributed by atoms with E-state index < -0.39 is 5.97 Å². The maximum atomic E-state index is 13.2. The van der Waals surface area contributed by atoms with Crippen molar-refractivity contribution in [1.82, 2.24) is 14.3 Å². The van der Waals surface area contributed by atoms with Crippen LogP contribution in [-0.4, -0.2) is 37.1 Å². The minimum atomic E-state index is -0.835. The number of Topliss-reactive ketones (excluding diaryl/α,β-unsaturated/α-hetero) is 1. The molecule has 2 aromatic carbocycles. The average molecular weight is 487 g/mol. The summed E-state index contributed by atoms with van der Waals surface area (Å²) in [5, 5.41) is 17.1. The number of nitrogens with one attached hydrogen (secondary N) is 1. The molecule has 0 spiro atoms. The molecule has 2 aromatic heterocycles. The van der Waals surface area contributed by atoms with Gasteiger partial charge in [-0.15, -0.1) is 0 Å². The van der Waals surface area contributed by atoms with Crippen molar-refractivity contribution in [2.75, 3.05) is 5.32 Å². The molecule has 0 radical (unpaired) electrons. The molecule has 0 fully saturated rings. The lowest BCUT2D eigenvalue weighted by atomic mass is 10.1. The number of ketones is 1. The van der Waals surface area contributed by atoms with Gasteiger partial charge in [-0.3, -0.25) is 14.4 Å². The smallest absolute Gasteiger partial charge is 0.303 e. The van der Waals surface area contributed by atoms with Gasteiger partial charge in [0.2, 0.25) is 0 Å². The summed E-state index contributed by atoms with van der Waals surface area (Å²) >= 11 is 0. The van der Waals surface area contributed by atoms with Crippen molar-refractivity contribution in [3.8, 4) is 5.69 Å². The molecule has 0 aliphatic rings. The first kappa shape index (κ1) is 24.9. The highest BCUT2D eigenvalue weighted by Crippen LogP contribution is 2.25. The zero-order valence-corrected chi connectivity index (χ0v) is 20.7. The number of hydrogen-bond acceptors (Lipinski definition) is 4. The Labute approximate surface area is 209 Å². The third kappa shape index (κ3) is 5.22. The molecule has 0 unspecified atom stereocenters. The number of carboxylic acids is 1. The lowest BCUT2D eigenvalue weighted by molar-refractivity contribution is -0.137. The van der Waals surface area contributed by atoms with Gasteiger partial charge in [0.05, 0.1) is 28.7 Å². The Balaban J connectivity index is 1.54. The number of aromatic nitrogens is 3. The molecule has 0 saturated carbocycles. The monoisotopic (exact) mass is 486 g/mol. The number of carbonyl (C=O) groups excluding carboxylic acids is 2. The summed E-state index contributed by atoms with van der Waals surface area (Å²) < 4.78 is 3.66. The molecule has 2 heterocycles. The highest BCUT2D eigenvalue weighted by molar-refractivity contribution is 6.13. The van der Waals surface area contributed by atoms with Gasteiger partial charge in [0.1, 0.15) is 0 Å². The third-order valence-electron chi connectivity index (χ3n) is 6.23. The fourth-order valence-electron chi connectivity index (χ4n) is 4.37. The van der Waals surface area contributed by atoms with Gasteiger partial charge in [-0.1, -0.05) is 18.6 Å². The van der Waals surface area contributed by atoms with Crippen LogP contribution >= 0.6 is 0 Å². The number of hydrogen-bond donors (Lipinski definition) is 2. The van der Waals surface area contributed by atoms with Crippen molar-refractivity contribution in [3.63, 3.8) is 0 Å². The van der Waals surface area contributed by atoms with Crippen LogP contribution in [0.1, 0.15) is 64.6 Å². The van der Waals surface area contributed by atoms with E-state index in [-0.39, 0.29) is 18.1 Å². The maximum absolute atomic E-state index is 13.2. The minimum Gasteiger partial charge on any atom is -0.481 e. The quantitative estimate of drug-likeness (QED) is 0.286. The molecule has 2 N–H and O–H groups in total. The van der Waals surface area contributed by atoms with E-state index in [1.165, 1.54) is 0 Å². The van der Waals surface area contributed by atoms with E-state index in [0.717, 1.165) is 34.3 Å². The fraction of sp³-hybridized carbons (Fsp3) is 0.286. The molecule has 0 saturated heterocycles. The standard InChI is InChI=1S/C28H30N4O4/c1-4-6-26(33)23-16-29-32(19(23)3)21-11-9-20(10-12-21)30-28(36)24-17-31(14-5-7-27(34)35)25-13-8-18(2)15-22(24)25/h8-13,15-17H,4-7,14H2,1-3H3,(H,30,36)(H,34,35). The van der Waals surface area contributed by atoms with Crippen LogP contribution in [0.5, 0.6) is 0 Å². The van der Waals surface area contributed by atoms with E-state index in [0.29, 0.717) is 36.2 Å². The van der Waals surface area contributed by atoms with Crippen LogP contribution in [-0.2, 0) is 11.3 Å². The second kappa shape index (κ2) is 10.6. The largest absolute Gasteiger partial charge is 0.481 e. The Morgan fingerprint density at radius 3 is 2.44 bits per heavy atom. The number of aliphatic carboxylic acids is 1. The van der Waals surface area contributed by atoms with Gasteiger partial charge in [0, 0.05) is 42.2 Å². The Morgan fingerprint density at radius 2 is 1.75 bits per heavy atom. The molecule has 186 valence electrons. The van der Waals surface area contributed by atoms with Crippen LogP contribution in [0.2, 0.25) is 0 Å². The second-order valence-corrected chi connectivity index (χ2v) is 8.98. The first-order valence-corrected chi connectivity index (χ1v) is 12.1.